The molecule has 0 radical (unpaired) electrons. The average molecular weight is 1040 g/mol. The van der Waals surface area contributed by atoms with Gasteiger partial charge in [-0.15, -0.1) is 23.1 Å². The number of nitrogens with one attached hydrogen (secondary N) is 2. The summed E-state index contributed by atoms with van der Waals surface area (Å²) in [6.07, 6.45) is 6.15. The van der Waals surface area contributed by atoms with Gasteiger partial charge in [-0.3, -0.25) is 14.5 Å². The fourth-order valence-electron chi connectivity index (χ4n) is 9.44. The van der Waals surface area contributed by atoms with E-state index < -0.39 is 34.7 Å². The second-order valence-corrected chi connectivity index (χ2v) is 19.4. The van der Waals surface area contributed by atoms with Crippen molar-refractivity contribution in [1.29, 1.82) is 0 Å². The molecule has 1 aliphatic carbocycles. The number of carbonyl (C=O) groups is 3. The molecule has 1 saturated carbocycles. The first kappa shape index (κ1) is 48.7. The van der Waals surface area contributed by atoms with Gasteiger partial charge < -0.3 is 53.4 Å². The third-order valence-corrected chi connectivity index (χ3v) is 15.2. The highest BCUT2D eigenvalue weighted by molar-refractivity contribution is 8.00. The van der Waals surface area contributed by atoms with Crippen molar-refractivity contribution in [1.82, 2.24) is 15.2 Å². The number of methoxy groups -OCH3 is 1. The molecule has 2 amide bonds. The predicted molar refractivity (Wildman–Crippen MR) is 256 cm³/mol. The first-order valence-electron chi connectivity index (χ1n) is 22.2. The standard InChI is InChI=1S/C51H56N6O6S2.HI/c1-34(36-18-10-6-11-19-36)57(2,3)30-37-32-64-48-44(47(59)56(48)45(37)49(60)63-31-35-26-28-41(61-4)29-27-35)53-46(58)43(55-62-5)42-33-65-50(52-42)54-51(38-20-12-7-13-21-38,39-22-14-8-15-23-39)40-24-16-9-17-25-40;/h7-9,12-17,20-29,33-34,36,44,48H,6,10-11,18-19,30-32H2,1-5H3,(H-,52,53,54,58);1H/b55-43-;/t34?,44-,48?;/m1./s1. The van der Waals surface area contributed by atoms with Gasteiger partial charge in [0.1, 0.15) is 54.4 Å². The van der Waals surface area contributed by atoms with Crippen LogP contribution in [0.1, 0.15) is 67.0 Å². The number of benzene rings is 4. The summed E-state index contributed by atoms with van der Waals surface area (Å²) in [6.45, 7) is 2.92. The smallest absolute Gasteiger partial charge is 0.355 e. The zero-order valence-corrected chi connectivity index (χ0v) is 41.7. The molecule has 0 bridgehead atoms. The maximum atomic E-state index is 14.3. The van der Waals surface area contributed by atoms with Crippen LogP contribution in [0.2, 0.25) is 0 Å². The number of anilines is 1. The van der Waals surface area contributed by atoms with E-state index in [4.69, 9.17) is 19.3 Å². The minimum Gasteiger partial charge on any atom is -1.00 e. The van der Waals surface area contributed by atoms with Crippen LogP contribution >= 0.6 is 23.1 Å². The molecule has 2 aliphatic heterocycles. The molecule has 5 aromatic rings. The number of thiazole rings is 1. The maximum absolute atomic E-state index is 14.3. The lowest BCUT2D eigenvalue weighted by molar-refractivity contribution is -0.912. The lowest BCUT2D eigenvalue weighted by Crippen LogP contribution is -3.00. The van der Waals surface area contributed by atoms with Crippen LogP contribution in [0.4, 0.5) is 5.13 Å². The number of β-lactam (4-membered cyclic amide) rings is 1. The van der Waals surface area contributed by atoms with Gasteiger partial charge in [-0.1, -0.05) is 128 Å². The number of aromatic nitrogens is 1. The highest BCUT2D eigenvalue weighted by atomic mass is 127. The van der Waals surface area contributed by atoms with E-state index >= 15 is 0 Å². The SMILES string of the molecule is CO/N=C(\C(=O)N[C@@H]1C(=O)N2C(C(=O)OCc3ccc(OC)cc3)=C(C[N+](C)(C)C(C)C3CCCCC3)CSC12)c1csc(NC(c2ccccc2)(c2ccccc2)c2ccccc2)n1.[I-]. The number of amides is 2. The topological polar surface area (TPSA) is 131 Å². The van der Waals surface area contributed by atoms with E-state index in [0.29, 0.717) is 39.6 Å². The number of oxime groups is 1. The van der Waals surface area contributed by atoms with Gasteiger partial charge in [0.25, 0.3) is 11.8 Å². The summed E-state index contributed by atoms with van der Waals surface area (Å²) in [5, 5.41) is 12.6. The number of fused-ring (bicyclic) bond motifs is 1. The monoisotopic (exact) mass is 1040 g/mol. The molecule has 2 unspecified atom stereocenters. The maximum Gasteiger partial charge on any atom is 0.355 e. The Labute approximate surface area is 412 Å². The van der Waals surface area contributed by atoms with Crippen LogP contribution in [0.15, 0.2) is 137 Å². The number of nitrogens with zero attached hydrogens (tertiary/aromatic N) is 4. The van der Waals surface area contributed by atoms with Crippen molar-refractivity contribution < 1.29 is 57.2 Å². The molecule has 3 heterocycles. The number of carbonyl (C=O) groups excluding carboxylic acids is 3. The summed E-state index contributed by atoms with van der Waals surface area (Å²) in [5.41, 5.74) is 4.26. The third kappa shape index (κ3) is 10.2. The van der Waals surface area contributed by atoms with E-state index in [-0.39, 0.29) is 47.7 Å². The molecular weight excluding hydrogens is 984 g/mol. The van der Waals surface area contributed by atoms with Crippen LogP contribution in [0, 0.1) is 5.92 Å². The third-order valence-electron chi connectivity index (χ3n) is 13.1. The molecule has 1 saturated heterocycles. The van der Waals surface area contributed by atoms with Gasteiger partial charge in [-0.25, -0.2) is 9.78 Å². The van der Waals surface area contributed by atoms with Gasteiger partial charge in [0, 0.05) is 22.6 Å². The number of quaternary nitrogens is 1. The summed E-state index contributed by atoms with van der Waals surface area (Å²) in [4.78, 5) is 54.4. The van der Waals surface area contributed by atoms with E-state index in [2.05, 4.69) is 73.2 Å². The van der Waals surface area contributed by atoms with Gasteiger partial charge in [-0.2, -0.15) is 0 Å². The molecule has 8 rings (SSSR count). The first-order chi connectivity index (χ1) is 31.5. The largest absolute Gasteiger partial charge is 1.00 e. The molecule has 2 N–H and O–H groups in total. The second-order valence-electron chi connectivity index (χ2n) is 17.4. The minimum absolute atomic E-state index is 0. The van der Waals surface area contributed by atoms with E-state index in [1.165, 1.54) is 67.2 Å². The fraction of sp³-hybridized carbons (Fsp3) is 0.353. The number of halogens is 1. The Morgan fingerprint density at radius 2 is 1.47 bits per heavy atom. The summed E-state index contributed by atoms with van der Waals surface area (Å²) in [5.74, 6) is 0.201. The van der Waals surface area contributed by atoms with Gasteiger partial charge in [0.05, 0.1) is 27.2 Å². The minimum atomic E-state index is -0.928. The number of likely N-dealkylation sites (N-methyl/N-ethyl adjacent to an activating group) is 1. The first-order valence-corrected chi connectivity index (χ1v) is 24.1. The molecule has 3 atom stereocenters. The Morgan fingerprint density at radius 3 is 2.03 bits per heavy atom. The summed E-state index contributed by atoms with van der Waals surface area (Å²) < 4.78 is 11.9. The number of esters is 1. The van der Waals surface area contributed by atoms with E-state index in [0.717, 1.165) is 27.8 Å². The van der Waals surface area contributed by atoms with Crippen molar-refractivity contribution in [3.8, 4) is 5.75 Å². The predicted octanol–water partition coefficient (Wildman–Crippen LogP) is 5.35. The molecule has 346 valence electrons. The Kier molecular flexibility index (Phi) is 15.9. The van der Waals surface area contributed by atoms with E-state index in [1.54, 1.807) is 12.5 Å². The highest BCUT2D eigenvalue weighted by Crippen LogP contribution is 2.43. The Hall–Kier alpha value is -5.23. The van der Waals surface area contributed by atoms with Crippen molar-refractivity contribution in [3.05, 3.63) is 160 Å². The van der Waals surface area contributed by atoms with Gasteiger partial charge >= 0.3 is 5.97 Å². The quantitative estimate of drug-likeness (QED) is 0.0241. The number of hydrogen-bond acceptors (Lipinski definition) is 11. The van der Waals surface area contributed by atoms with Crippen molar-refractivity contribution in [3.63, 3.8) is 0 Å². The van der Waals surface area contributed by atoms with Gasteiger partial charge in [0.2, 0.25) is 0 Å². The molecule has 15 heteroatoms. The normalized spacial score (nSPS) is 18.3. The number of hydrogen-bond donors (Lipinski definition) is 2. The van der Waals surface area contributed by atoms with Crippen LogP contribution in [0.5, 0.6) is 5.75 Å². The highest BCUT2D eigenvalue weighted by Gasteiger charge is 2.55. The summed E-state index contributed by atoms with van der Waals surface area (Å²) in [7, 11) is 7.39. The number of ether oxygens (including phenoxy) is 2. The van der Waals surface area contributed by atoms with Crippen LogP contribution in [0.25, 0.3) is 0 Å². The van der Waals surface area contributed by atoms with Crippen molar-refractivity contribution in [2.75, 3.05) is 45.9 Å². The lowest BCUT2D eigenvalue weighted by Gasteiger charge is -2.50. The zero-order chi connectivity index (χ0) is 45.6. The Balaban J connectivity index is 0.00000648. The number of thioether (sulfide) groups is 1. The van der Waals surface area contributed by atoms with Gasteiger partial charge in [-0.05, 0) is 54.2 Å². The molecule has 2 fully saturated rings. The average Bonchev–Trinajstić information content (AvgIpc) is 3.81. The lowest BCUT2D eigenvalue weighted by atomic mass is 9.77. The summed E-state index contributed by atoms with van der Waals surface area (Å²) >= 11 is 2.86. The van der Waals surface area contributed by atoms with Crippen molar-refractivity contribution in [2.45, 2.75) is 68.6 Å². The van der Waals surface area contributed by atoms with Crippen LogP contribution in [-0.2, 0) is 36.1 Å². The molecular formula is C51H57IN6O6S2. The van der Waals surface area contributed by atoms with Crippen molar-refractivity contribution in [2.24, 2.45) is 11.1 Å². The molecule has 0 spiro atoms. The number of rotatable bonds is 17. The Morgan fingerprint density at radius 1 is 0.879 bits per heavy atom. The Bertz CT molecular complexity index is 2420. The molecule has 1 aromatic heterocycles. The molecule has 12 nitrogen and oxygen atoms in total. The van der Waals surface area contributed by atoms with Gasteiger partial charge in [0.15, 0.2) is 10.8 Å². The fourth-order valence-corrected chi connectivity index (χ4v) is 11.5. The molecule has 3 aliphatic rings. The molecule has 66 heavy (non-hydrogen) atoms. The zero-order valence-electron chi connectivity index (χ0n) is 37.9. The van der Waals surface area contributed by atoms with E-state index in [1.807, 2.05) is 78.9 Å². The molecule has 4 aromatic carbocycles. The van der Waals surface area contributed by atoms with Crippen LogP contribution < -0.4 is 39.3 Å². The van der Waals surface area contributed by atoms with Crippen molar-refractivity contribution >= 4 is 51.7 Å². The van der Waals surface area contributed by atoms with Crippen LogP contribution in [-0.4, -0.2) is 95.9 Å². The van der Waals surface area contributed by atoms with Crippen LogP contribution in [0.3, 0.4) is 0 Å². The second kappa shape index (κ2) is 21.6. The summed E-state index contributed by atoms with van der Waals surface area (Å²) in [6, 6.07) is 37.3. The van der Waals surface area contributed by atoms with E-state index in [9.17, 15) is 14.4 Å².